The molecule has 0 aliphatic heterocycles. The van der Waals surface area contributed by atoms with Crippen LogP contribution in [0.15, 0.2) is 22.1 Å². The minimum absolute atomic E-state index is 0.0884. The Morgan fingerprint density at radius 2 is 2.31 bits per heavy atom. The van der Waals surface area contributed by atoms with Crippen LogP contribution >= 0.6 is 0 Å². The lowest BCUT2D eigenvalue weighted by atomic mass is 10.3. The summed E-state index contributed by atoms with van der Waals surface area (Å²) in [5.74, 6) is -0.416. The van der Waals surface area contributed by atoms with Crippen molar-refractivity contribution in [1.82, 2.24) is 0 Å². The van der Waals surface area contributed by atoms with E-state index in [2.05, 4.69) is 21.3 Å². The van der Waals surface area contributed by atoms with Gasteiger partial charge in [-0.3, -0.25) is 4.99 Å². The molecule has 0 aliphatic rings. The van der Waals surface area contributed by atoms with Gasteiger partial charge >= 0.3 is 5.97 Å². The number of rotatable bonds is 3. The quantitative estimate of drug-likeness (QED) is 0.292. The monoisotopic (exact) mass is 183 g/mol. The fourth-order valence-electron chi connectivity index (χ4n) is 0.478. The van der Waals surface area contributed by atoms with E-state index in [4.69, 9.17) is 5.73 Å². The van der Waals surface area contributed by atoms with Gasteiger partial charge in [0.25, 0.3) is 0 Å². The minimum atomic E-state index is -0.504. The summed E-state index contributed by atoms with van der Waals surface area (Å²) in [7, 11) is 1.50. The molecule has 0 rings (SSSR count). The lowest BCUT2D eigenvalue weighted by Gasteiger charge is -1.98. The minimum Gasteiger partial charge on any atom is -0.462 e. The zero-order chi connectivity index (χ0) is 10.3. The molecular formula is C8H13N3O2. The molecule has 13 heavy (non-hydrogen) atoms. The van der Waals surface area contributed by atoms with E-state index in [0.29, 0.717) is 6.61 Å². The third kappa shape index (κ3) is 4.73. The van der Waals surface area contributed by atoms with Gasteiger partial charge in [0.2, 0.25) is 5.96 Å². The van der Waals surface area contributed by atoms with E-state index in [1.165, 1.54) is 13.3 Å². The summed E-state index contributed by atoms with van der Waals surface area (Å²) < 4.78 is 4.66. The fraction of sp³-hybridized carbons (Fsp3) is 0.375. The van der Waals surface area contributed by atoms with Crippen molar-refractivity contribution in [2.24, 2.45) is 15.7 Å². The summed E-state index contributed by atoms with van der Waals surface area (Å²) in [6.45, 7) is 5.47. The van der Waals surface area contributed by atoms with E-state index < -0.39 is 5.97 Å². The summed E-state index contributed by atoms with van der Waals surface area (Å²) in [5.41, 5.74) is 5.40. The maximum Gasteiger partial charge on any atom is 0.339 e. The molecule has 0 aromatic heterocycles. The number of hydrogen-bond acceptors (Lipinski definition) is 3. The van der Waals surface area contributed by atoms with Crippen molar-refractivity contribution in [2.75, 3.05) is 13.7 Å². The third-order valence-corrected chi connectivity index (χ3v) is 1.12. The Hall–Kier alpha value is -1.65. The standard InChI is InChI=1S/C8H13N3O2/c1-4-13-7(12)6(2)5-11-8(9)10-3/h5H,2,4H2,1,3H3,(H2,9,10). The van der Waals surface area contributed by atoms with Crippen LogP contribution in [-0.2, 0) is 9.53 Å². The van der Waals surface area contributed by atoms with E-state index in [0.717, 1.165) is 0 Å². The number of carbonyl (C=O) groups is 1. The fourth-order valence-corrected chi connectivity index (χ4v) is 0.478. The number of aliphatic imine (C=N–C) groups is 2. The van der Waals surface area contributed by atoms with Gasteiger partial charge in [0.15, 0.2) is 0 Å². The smallest absolute Gasteiger partial charge is 0.339 e. The Labute approximate surface area is 77.0 Å². The van der Waals surface area contributed by atoms with E-state index in [1.54, 1.807) is 6.92 Å². The molecule has 0 atom stereocenters. The van der Waals surface area contributed by atoms with Gasteiger partial charge in [-0.1, -0.05) is 6.58 Å². The molecule has 2 N–H and O–H groups in total. The van der Waals surface area contributed by atoms with Crippen LogP contribution in [0.25, 0.3) is 0 Å². The molecule has 0 fully saturated rings. The summed E-state index contributed by atoms with van der Waals surface area (Å²) in [4.78, 5) is 18.2. The second kappa shape index (κ2) is 5.93. The van der Waals surface area contributed by atoms with Crippen LogP contribution in [0.3, 0.4) is 0 Å². The highest BCUT2D eigenvalue weighted by Crippen LogP contribution is 1.90. The first-order valence-electron chi connectivity index (χ1n) is 3.74. The molecule has 0 amide bonds. The highest BCUT2D eigenvalue weighted by molar-refractivity contribution is 6.11. The summed E-state index contributed by atoms with van der Waals surface area (Å²) in [6, 6.07) is 0. The third-order valence-electron chi connectivity index (χ3n) is 1.12. The zero-order valence-electron chi connectivity index (χ0n) is 7.78. The first kappa shape index (κ1) is 11.4. The summed E-state index contributed by atoms with van der Waals surface area (Å²) >= 11 is 0. The van der Waals surface area contributed by atoms with Crippen LogP contribution in [0.5, 0.6) is 0 Å². The van der Waals surface area contributed by atoms with Crippen molar-refractivity contribution < 1.29 is 9.53 Å². The first-order chi connectivity index (χ1) is 6.11. The average molecular weight is 183 g/mol. The molecule has 0 saturated heterocycles. The predicted molar refractivity (Wildman–Crippen MR) is 51.8 cm³/mol. The topological polar surface area (TPSA) is 77.0 Å². The maximum atomic E-state index is 11.0. The van der Waals surface area contributed by atoms with Crippen LogP contribution < -0.4 is 5.73 Å². The second-order valence-corrected chi connectivity index (χ2v) is 2.09. The van der Waals surface area contributed by atoms with E-state index in [9.17, 15) is 4.79 Å². The molecule has 0 radical (unpaired) electrons. The van der Waals surface area contributed by atoms with Gasteiger partial charge in [-0.2, -0.15) is 0 Å². The molecule has 0 aromatic rings. The number of guanidine groups is 1. The normalized spacial score (nSPS) is 11.7. The predicted octanol–water partition coefficient (Wildman–Crippen LogP) is 0.121. The van der Waals surface area contributed by atoms with Crippen LogP contribution in [0, 0.1) is 0 Å². The SMILES string of the molecule is C=C(C=NC(N)=NC)C(=O)OCC. The van der Waals surface area contributed by atoms with Crippen molar-refractivity contribution in [3.05, 3.63) is 12.2 Å². The molecule has 5 heteroatoms. The average Bonchev–Trinajstić information content (AvgIpc) is 2.13. The Morgan fingerprint density at radius 1 is 1.69 bits per heavy atom. The van der Waals surface area contributed by atoms with Gasteiger partial charge in [-0.05, 0) is 6.92 Å². The highest BCUT2D eigenvalue weighted by atomic mass is 16.5. The zero-order valence-corrected chi connectivity index (χ0v) is 7.78. The van der Waals surface area contributed by atoms with Gasteiger partial charge in [0.05, 0.1) is 12.2 Å². The molecule has 0 unspecified atom stereocenters. The molecule has 0 heterocycles. The molecule has 5 nitrogen and oxygen atoms in total. The maximum absolute atomic E-state index is 11.0. The van der Waals surface area contributed by atoms with Crippen LogP contribution in [0.1, 0.15) is 6.92 Å². The van der Waals surface area contributed by atoms with Crippen molar-refractivity contribution >= 4 is 18.1 Å². The van der Waals surface area contributed by atoms with Crippen LogP contribution in [0.4, 0.5) is 0 Å². The molecular weight excluding hydrogens is 170 g/mol. The number of ether oxygens (including phenoxy) is 1. The Bertz CT molecular complexity index is 256. The molecule has 72 valence electrons. The van der Waals surface area contributed by atoms with Gasteiger partial charge in [-0.15, -0.1) is 0 Å². The van der Waals surface area contributed by atoms with Crippen molar-refractivity contribution in [3.8, 4) is 0 Å². The van der Waals surface area contributed by atoms with Crippen molar-refractivity contribution in [3.63, 3.8) is 0 Å². The molecule has 0 aromatic carbocycles. The summed E-state index contributed by atoms with van der Waals surface area (Å²) in [5, 5.41) is 0. The van der Waals surface area contributed by atoms with Crippen LogP contribution in [-0.4, -0.2) is 31.8 Å². The summed E-state index contributed by atoms with van der Waals surface area (Å²) in [6.07, 6.45) is 1.22. The molecule has 0 aliphatic carbocycles. The molecule has 0 spiro atoms. The largest absolute Gasteiger partial charge is 0.462 e. The Kier molecular flexibility index (Phi) is 5.18. The van der Waals surface area contributed by atoms with E-state index >= 15 is 0 Å². The lowest BCUT2D eigenvalue weighted by molar-refractivity contribution is -0.137. The number of hydrogen-bond donors (Lipinski definition) is 1. The number of nitrogens with zero attached hydrogens (tertiary/aromatic N) is 2. The van der Waals surface area contributed by atoms with Crippen LogP contribution in [0.2, 0.25) is 0 Å². The van der Waals surface area contributed by atoms with Crippen molar-refractivity contribution in [2.45, 2.75) is 6.92 Å². The van der Waals surface area contributed by atoms with E-state index in [-0.39, 0.29) is 11.5 Å². The Morgan fingerprint density at radius 3 is 2.77 bits per heavy atom. The van der Waals surface area contributed by atoms with Gasteiger partial charge in [-0.25, -0.2) is 9.79 Å². The highest BCUT2D eigenvalue weighted by Gasteiger charge is 2.03. The second-order valence-electron chi connectivity index (χ2n) is 2.09. The number of carbonyl (C=O) groups excluding carboxylic acids is 1. The number of nitrogens with two attached hydrogens (primary N) is 1. The first-order valence-corrected chi connectivity index (χ1v) is 3.74. The molecule has 0 saturated carbocycles. The van der Waals surface area contributed by atoms with Gasteiger partial charge in [0.1, 0.15) is 0 Å². The Balaban J connectivity index is 4.15. The van der Waals surface area contributed by atoms with Gasteiger partial charge in [0, 0.05) is 13.3 Å². The lowest BCUT2D eigenvalue weighted by Crippen LogP contribution is -2.11. The number of esters is 1. The van der Waals surface area contributed by atoms with E-state index in [1.807, 2.05) is 0 Å². The molecule has 0 bridgehead atoms. The van der Waals surface area contributed by atoms with Gasteiger partial charge < -0.3 is 10.5 Å². The van der Waals surface area contributed by atoms with Crippen molar-refractivity contribution in [1.29, 1.82) is 0 Å².